The summed E-state index contributed by atoms with van der Waals surface area (Å²) in [5.41, 5.74) is 3.34. The van der Waals surface area contributed by atoms with Gasteiger partial charge in [0.15, 0.2) is 11.5 Å². The second-order valence-corrected chi connectivity index (χ2v) is 7.81. The molecule has 1 atom stereocenters. The predicted molar refractivity (Wildman–Crippen MR) is 115 cm³/mol. The summed E-state index contributed by atoms with van der Waals surface area (Å²) < 4.78 is 11.6. The first-order valence-electron chi connectivity index (χ1n) is 10.7. The standard InChI is InChI=1S/C24H30N2O3/c1-3-26(20-9-5-4-8-18(20)2)24(27)17-25-13-6-10-21(25)19-11-12-22-23(16-19)29-15-7-14-28-22/h4-5,8-9,11-12,16,21H,3,6-7,10,13-15,17H2,1-2H3. The van der Waals surface area contributed by atoms with Crippen LogP contribution in [0, 0.1) is 6.92 Å². The fraction of sp³-hybridized carbons (Fsp3) is 0.458. The molecular formula is C24H30N2O3. The number of amides is 1. The predicted octanol–water partition coefficient (Wildman–Crippen LogP) is 4.35. The Kier molecular flexibility index (Phi) is 6.05. The number of carbonyl (C=O) groups is 1. The van der Waals surface area contributed by atoms with E-state index in [9.17, 15) is 4.79 Å². The van der Waals surface area contributed by atoms with E-state index >= 15 is 0 Å². The van der Waals surface area contributed by atoms with Gasteiger partial charge in [0.2, 0.25) is 5.91 Å². The molecule has 5 heteroatoms. The maximum absolute atomic E-state index is 13.2. The van der Waals surface area contributed by atoms with Gasteiger partial charge in [-0.15, -0.1) is 0 Å². The molecule has 5 nitrogen and oxygen atoms in total. The number of nitrogens with zero attached hydrogens (tertiary/aromatic N) is 2. The summed E-state index contributed by atoms with van der Waals surface area (Å²) in [5.74, 6) is 1.81. The molecule has 0 aromatic heterocycles. The molecule has 29 heavy (non-hydrogen) atoms. The fourth-order valence-corrected chi connectivity index (χ4v) is 4.39. The number of ether oxygens (including phenoxy) is 2. The van der Waals surface area contributed by atoms with Gasteiger partial charge in [0.1, 0.15) is 0 Å². The SMILES string of the molecule is CCN(C(=O)CN1CCCC1c1ccc2c(c1)OCCCO2)c1ccccc1C. The Hall–Kier alpha value is -2.53. The maximum atomic E-state index is 13.2. The Balaban J connectivity index is 1.51. The first-order valence-corrected chi connectivity index (χ1v) is 10.7. The number of fused-ring (bicyclic) bond motifs is 1. The van der Waals surface area contributed by atoms with Gasteiger partial charge in [0, 0.05) is 24.7 Å². The third-order valence-corrected chi connectivity index (χ3v) is 5.88. The van der Waals surface area contributed by atoms with Crippen molar-refractivity contribution in [1.82, 2.24) is 4.90 Å². The molecule has 1 unspecified atom stereocenters. The molecule has 0 bridgehead atoms. The zero-order valence-corrected chi connectivity index (χ0v) is 17.4. The Morgan fingerprint density at radius 1 is 1.10 bits per heavy atom. The van der Waals surface area contributed by atoms with Crippen LogP contribution >= 0.6 is 0 Å². The minimum absolute atomic E-state index is 0.156. The first-order chi connectivity index (χ1) is 14.2. The number of rotatable bonds is 5. The molecule has 0 radical (unpaired) electrons. The van der Waals surface area contributed by atoms with Gasteiger partial charge >= 0.3 is 0 Å². The smallest absolute Gasteiger partial charge is 0.241 e. The first kappa shape index (κ1) is 19.8. The van der Waals surface area contributed by atoms with Crippen LogP contribution in [0.5, 0.6) is 11.5 Å². The lowest BCUT2D eigenvalue weighted by atomic mass is 10.0. The van der Waals surface area contributed by atoms with Crippen molar-refractivity contribution < 1.29 is 14.3 Å². The number of benzene rings is 2. The number of hydrogen-bond donors (Lipinski definition) is 0. The lowest BCUT2D eigenvalue weighted by molar-refractivity contribution is -0.119. The zero-order valence-electron chi connectivity index (χ0n) is 17.4. The highest BCUT2D eigenvalue weighted by atomic mass is 16.5. The van der Waals surface area contributed by atoms with Crippen molar-refractivity contribution in [3.8, 4) is 11.5 Å². The summed E-state index contributed by atoms with van der Waals surface area (Å²) in [6.07, 6.45) is 3.06. The molecule has 2 aliphatic heterocycles. The van der Waals surface area contributed by atoms with Crippen molar-refractivity contribution in [3.63, 3.8) is 0 Å². The minimum Gasteiger partial charge on any atom is -0.490 e. The van der Waals surface area contributed by atoms with E-state index in [1.807, 2.05) is 36.1 Å². The second-order valence-electron chi connectivity index (χ2n) is 7.81. The van der Waals surface area contributed by atoms with Crippen molar-refractivity contribution in [1.29, 1.82) is 0 Å². The van der Waals surface area contributed by atoms with Crippen molar-refractivity contribution in [2.75, 3.05) is 37.7 Å². The Morgan fingerprint density at radius 3 is 2.69 bits per heavy atom. The maximum Gasteiger partial charge on any atom is 0.241 e. The molecule has 4 rings (SSSR count). The Morgan fingerprint density at radius 2 is 1.90 bits per heavy atom. The van der Waals surface area contributed by atoms with E-state index in [0.717, 1.165) is 48.6 Å². The van der Waals surface area contributed by atoms with E-state index in [0.29, 0.717) is 26.3 Å². The van der Waals surface area contributed by atoms with Crippen molar-refractivity contribution in [2.24, 2.45) is 0 Å². The normalized spacial score (nSPS) is 19.0. The third-order valence-electron chi connectivity index (χ3n) is 5.88. The van der Waals surface area contributed by atoms with Gasteiger partial charge in [0.25, 0.3) is 0 Å². The van der Waals surface area contributed by atoms with Crippen molar-refractivity contribution >= 4 is 11.6 Å². The number of carbonyl (C=O) groups excluding carboxylic acids is 1. The van der Waals surface area contributed by atoms with E-state index in [4.69, 9.17) is 9.47 Å². The zero-order chi connectivity index (χ0) is 20.2. The quantitative estimate of drug-likeness (QED) is 0.756. The highest BCUT2D eigenvalue weighted by molar-refractivity contribution is 5.95. The van der Waals surface area contributed by atoms with E-state index in [-0.39, 0.29) is 11.9 Å². The number of anilines is 1. The summed E-state index contributed by atoms with van der Waals surface area (Å²) in [5, 5.41) is 0. The molecule has 0 aliphatic carbocycles. The fourth-order valence-electron chi connectivity index (χ4n) is 4.39. The van der Waals surface area contributed by atoms with Crippen LogP contribution in [0.1, 0.15) is 43.4 Å². The van der Waals surface area contributed by atoms with E-state index in [2.05, 4.69) is 30.0 Å². The number of aryl methyl sites for hydroxylation is 1. The van der Waals surface area contributed by atoms with Crippen LogP contribution in [0.2, 0.25) is 0 Å². The van der Waals surface area contributed by atoms with Crippen LogP contribution in [-0.2, 0) is 4.79 Å². The van der Waals surface area contributed by atoms with Crippen molar-refractivity contribution in [3.05, 3.63) is 53.6 Å². The molecule has 1 amide bonds. The van der Waals surface area contributed by atoms with Crippen LogP contribution < -0.4 is 14.4 Å². The number of hydrogen-bond acceptors (Lipinski definition) is 4. The van der Waals surface area contributed by atoms with Gasteiger partial charge in [-0.25, -0.2) is 0 Å². The van der Waals surface area contributed by atoms with Crippen LogP contribution in [0.25, 0.3) is 0 Å². The van der Waals surface area contributed by atoms with E-state index in [1.165, 1.54) is 5.56 Å². The Labute approximate surface area is 173 Å². The average Bonchev–Trinajstić information content (AvgIpc) is 3.05. The third kappa shape index (κ3) is 4.25. The molecular weight excluding hydrogens is 364 g/mol. The largest absolute Gasteiger partial charge is 0.490 e. The molecule has 2 aliphatic rings. The summed E-state index contributed by atoms with van der Waals surface area (Å²) in [6.45, 7) is 7.52. The highest BCUT2D eigenvalue weighted by Gasteiger charge is 2.30. The molecule has 0 spiro atoms. The number of likely N-dealkylation sites (tertiary alicyclic amines) is 1. The van der Waals surface area contributed by atoms with E-state index in [1.54, 1.807) is 0 Å². The van der Waals surface area contributed by atoms with Crippen LogP contribution in [0.4, 0.5) is 5.69 Å². The van der Waals surface area contributed by atoms with E-state index < -0.39 is 0 Å². The molecule has 1 saturated heterocycles. The molecule has 154 valence electrons. The Bertz CT molecular complexity index is 867. The number of para-hydroxylation sites is 1. The summed E-state index contributed by atoms with van der Waals surface area (Å²) in [4.78, 5) is 17.4. The summed E-state index contributed by atoms with van der Waals surface area (Å²) in [6, 6.07) is 14.6. The molecule has 2 heterocycles. The van der Waals surface area contributed by atoms with Gasteiger partial charge in [-0.3, -0.25) is 9.69 Å². The summed E-state index contributed by atoms with van der Waals surface area (Å²) in [7, 11) is 0. The number of likely N-dealkylation sites (N-methyl/N-ethyl adjacent to an activating group) is 1. The second kappa shape index (κ2) is 8.87. The lowest BCUT2D eigenvalue weighted by Crippen LogP contribution is -2.40. The minimum atomic E-state index is 0.156. The van der Waals surface area contributed by atoms with Crippen LogP contribution in [0.3, 0.4) is 0 Å². The molecule has 1 fully saturated rings. The monoisotopic (exact) mass is 394 g/mol. The van der Waals surface area contributed by atoms with Gasteiger partial charge in [0.05, 0.1) is 19.8 Å². The van der Waals surface area contributed by atoms with Crippen molar-refractivity contribution in [2.45, 2.75) is 39.2 Å². The molecule has 2 aromatic carbocycles. The van der Waals surface area contributed by atoms with Gasteiger partial charge < -0.3 is 14.4 Å². The van der Waals surface area contributed by atoms with Crippen LogP contribution in [0.15, 0.2) is 42.5 Å². The highest BCUT2D eigenvalue weighted by Crippen LogP contribution is 2.38. The molecule has 0 N–H and O–H groups in total. The van der Waals surface area contributed by atoms with Crippen LogP contribution in [-0.4, -0.2) is 43.7 Å². The van der Waals surface area contributed by atoms with Gasteiger partial charge in [-0.2, -0.15) is 0 Å². The van der Waals surface area contributed by atoms with Gasteiger partial charge in [-0.05, 0) is 62.6 Å². The average molecular weight is 395 g/mol. The molecule has 2 aromatic rings. The molecule has 0 saturated carbocycles. The lowest BCUT2D eigenvalue weighted by Gasteiger charge is -2.29. The van der Waals surface area contributed by atoms with Gasteiger partial charge in [-0.1, -0.05) is 24.3 Å². The topological polar surface area (TPSA) is 42.0 Å². The summed E-state index contributed by atoms with van der Waals surface area (Å²) >= 11 is 0.